The van der Waals surface area contributed by atoms with Gasteiger partial charge in [0.05, 0.1) is 32.6 Å². The first kappa shape index (κ1) is 19.2. The maximum absolute atomic E-state index is 12.6. The zero-order valence-corrected chi connectivity index (χ0v) is 16.2. The van der Waals surface area contributed by atoms with Gasteiger partial charge in [-0.25, -0.2) is 0 Å². The zero-order chi connectivity index (χ0) is 20.1. The highest BCUT2D eigenvalue weighted by molar-refractivity contribution is 5.92. The first-order valence-corrected chi connectivity index (χ1v) is 9.49. The van der Waals surface area contributed by atoms with Crippen molar-refractivity contribution in [2.75, 3.05) is 40.0 Å². The molecule has 1 amide bonds. The second-order valence-corrected chi connectivity index (χ2v) is 6.70. The smallest absolute Gasteiger partial charge is 0.273 e. The van der Waals surface area contributed by atoms with Crippen LogP contribution in [0.15, 0.2) is 57.7 Å². The summed E-state index contributed by atoms with van der Waals surface area (Å²) in [6.07, 6.45) is 1.54. The van der Waals surface area contributed by atoms with Gasteiger partial charge in [-0.3, -0.25) is 9.69 Å². The van der Waals surface area contributed by atoms with Crippen LogP contribution in [0.3, 0.4) is 0 Å². The molecule has 0 radical (unpaired) electrons. The molecule has 8 heteroatoms. The fraction of sp³-hybridized carbons (Fsp3) is 0.333. The summed E-state index contributed by atoms with van der Waals surface area (Å²) in [5.74, 6) is 1.45. The summed E-state index contributed by atoms with van der Waals surface area (Å²) in [6.45, 7) is 3.40. The van der Waals surface area contributed by atoms with Gasteiger partial charge in [0, 0.05) is 25.7 Å². The summed E-state index contributed by atoms with van der Waals surface area (Å²) in [7, 11) is 1.64. The van der Waals surface area contributed by atoms with Crippen LogP contribution >= 0.6 is 0 Å². The molecule has 1 aliphatic rings. The number of aromatic nitrogens is 1. The van der Waals surface area contributed by atoms with E-state index in [1.54, 1.807) is 31.6 Å². The van der Waals surface area contributed by atoms with Crippen LogP contribution in [0.25, 0.3) is 11.5 Å². The number of hydrogen-bond acceptors (Lipinski definition) is 7. The normalized spacial score (nSPS) is 15.8. The van der Waals surface area contributed by atoms with E-state index < -0.39 is 0 Å². The first-order chi connectivity index (χ1) is 14.2. The number of methoxy groups -OCH3 is 1. The SMILES string of the molecule is COc1ccc(C(CNC(=O)c2cc(-c3ccco3)on2)N2CCOCC2)cc1. The molecule has 152 valence electrons. The second-order valence-electron chi connectivity index (χ2n) is 6.70. The minimum atomic E-state index is -0.293. The van der Waals surface area contributed by atoms with Gasteiger partial charge in [0.2, 0.25) is 5.76 Å². The van der Waals surface area contributed by atoms with Crippen LogP contribution in [0.5, 0.6) is 5.75 Å². The predicted molar refractivity (Wildman–Crippen MR) is 105 cm³/mol. The van der Waals surface area contributed by atoms with Crippen molar-refractivity contribution in [1.82, 2.24) is 15.4 Å². The molecule has 1 N–H and O–H groups in total. The number of hydrogen-bond donors (Lipinski definition) is 1. The summed E-state index contributed by atoms with van der Waals surface area (Å²) < 4.78 is 21.2. The Morgan fingerprint density at radius 3 is 2.69 bits per heavy atom. The van der Waals surface area contributed by atoms with E-state index in [1.165, 1.54) is 0 Å². The van der Waals surface area contributed by atoms with Crippen molar-refractivity contribution in [1.29, 1.82) is 0 Å². The lowest BCUT2D eigenvalue weighted by Gasteiger charge is -2.34. The average Bonchev–Trinajstić information content (AvgIpc) is 3.47. The Hall–Kier alpha value is -3.10. The molecule has 0 bridgehead atoms. The van der Waals surface area contributed by atoms with E-state index in [2.05, 4.69) is 15.4 Å². The predicted octanol–water partition coefficient (Wildman–Crippen LogP) is 2.75. The topological polar surface area (TPSA) is 90.0 Å². The molecule has 8 nitrogen and oxygen atoms in total. The van der Waals surface area contributed by atoms with Crippen LogP contribution in [-0.4, -0.2) is 55.9 Å². The van der Waals surface area contributed by atoms with E-state index in [4.69, 9.17) is 18.4 Å². The zero-order valence-electron chi connectivity index (χ0n) is 16.2. The molecule has 1 saturated heterocycles. The van der Waals surface area contributed by atoms with Crippen molar-refractivity contribution in [3.8, 4) is 17.3 Å². The van der Waals surface area contributed by atoms with Gasteiger partial charge in [0.1, 0.15) is 5.75 Å². The van der Waals surface area contributed by atoms with Crippen LogP contribution in [-0.2, 0) is 4.74 Å². The lowest BCUT2D eigenvalue weighted by molar-refractivity contribution is 0.0162. The Morgan fingerprint density at radius 1 is 1.21 bits per heavy atom. The molecule has 0 aliphatic carbocycles. The number of nitrogens with zero attached hydrogens (tertiary/aromatic N) is 2. The lowest BCUT2D eigenvalue weighted by Crippen LogP contribution is -2.43. The third-order valence-electron chi connectivity index (χ3n) is 4.95. The number of rotatable bonds is 7. The highest BCUT2D eigenvalue weighted by Gasteiger charge is 2.24. The molecule has 4 rings (SSSR count). The first-order valence-electron chi connectivity index (χ1n) is 9.49. The van der Waals surface area contributed by atoms with Crippen LogP contribution in [0.1, 0.15) is 22.1 Å². The van der Waals surface area contributed by atoms with E-state index in [9.17, 15) is 4.79 Å². The van der Waals surface area contributed by atoms with Crippen molar-refractivity contribution in [2.45, 2.75) is 6.04 Å². The highest BCUT2D eigenvalue weighted by atomic mass is 16.5. The number of carbonyl (C=O) groups excluding carboxylic acids is 1. The number of benzene rings is 1. The Kier molecular flexibility index (Phi) is 5.92. The van der Waals surface area contributed by atoms with Gasteiger partial charge in [-0.15, -0.1) is 0 Å². The van der Waals surface area contributed by atoms with Crippen molar-refractivity contribution < 1.29 is 23.2 Å². The van der Waals surface area contributed by atoms with Crippen LogP contribution < -0.4 is 10.1 Å². The average molecular weight is 397 g/mol. The molecule has 29 heavy (non-hydrogen) atoms. The molecule has 0 saturated carbocycles. The fourth-order valence-corrected chi connectivity index (χ4v) is 3.37. The summed E-state index contributed by atoms with van der Waals surface area (Å²) in [5, 5.41) is 6.84. The molecule has 3 aromatic rings. The summed E-state index contributed by atoms with van der Waals surface area (Å²) in [6, 6.07) is 13.0. The van der Waals surface area contributed by atoms with Crippen LogP contribution in [0.4, 0.5) is 0 Å². The molecule has 1 aromatic carbocycles. The highest BCUT2D eigenvalue weighted by Crippen LogP contribution is 2.24. The van der Waals surface area contributed by atoms with E-state index in [-0.39, 0.29) is 17.6 Å². The van der Waals surface area contributed by atoms with Crippen LogP contribution in [0.2, 0.25) is 0 Å². The Bertz CT molecular complexity index is 914. The third kappa shape index (κ3) is 4.49. The number of carbonyl (C=O) groups is 1. The van der Waals surface area contributed by atoms with Gasteiger partial charge in [-0.05, 0) is 29.8 Å². The Balaban J connectivity index is 1.46. The van der Waals surface area contributed by atoms with Gasteiger partial charge >= 0.3 is 0 Å². The van der Waals surface area contributed by atoms with Crippen molar-refractivity contribution in [3.05, 3.63) is 60.0 Å². The molecule has 3 heterocycles. The molecule has 1 atom stereocenters. The van der Waals surface area contributed by atoms with E-state index >= 15 is 0 Å². The monoisotopic (exact) mass is 397 g/mol. The van der Waals surface area contributed by atoms with E-state index in [0.29, 0.717) is 31.3 Å². The van der Waals surface area contributed by atoms with E-state index in [1.807, 2.05) is 24.3 Å². The minimum Gasteiger partial charge on any atom is -0.497 e. The molecule has 1 unspecified atom stereocenters. The van der Waals surface area contributed by atoms with Crippen molar-refractivity contribution >= 4 is 5.91 Å². The van der Waals surface area contributed by atoms with Crippen molar-refractivity contribution in [3.63, 3.8) is 0 Å². The molecular weight excluding hydrogens is 374 g/mol. The molecular formula is C21H23N3O5. The molecule has 1 fully saturated rings. The minimum absolute atomic E-state index is 0.0187. The third-order valence-corrected chi connectivity index (χ3v) is 4.95. The van der Waals surface area contributed by atoms with Crippen LogP contribution in [0, 0.1) is 0 Å². The quantitative estimate of drug-likeness (QED) is 0.656. The number of amides is 1. The van der Waals surface area contributed by atoms with Gasteiger partial charge in [0.25, 0.3) is 5.91 Å². The van der Waals surface area contributed by atoms with Gasteiger partial charge in [-0.1, -0.05) is 17.3 Å². The van der Waals surface area contributed by atoms with Gasteiger partial charge < -0.3 is 23.7 Å². The molecule has 1 aliphatic heterocycles. The standard InChI is InChI=1S/C21H23N3O5/c1-26-16-6-4-15(5-7-16)18(24-8-11-27-12-9-24)14-22-21(25)17-13-20(29-23-17)19-3-2-10-28-19/h2-7,10,13,18H,8-9,11-12,14H2,1H3,(H,22,25). The largest absolute Gasteiger partial charge is 0.497 e. The Morgan fingerprint density at radius 2 is 2.00 bits per heavy atom. The molecule has 0 spiro atoms. The lowest BCUT2D eigenvalue weighted by atomic mass is 10.0. The van der Waals surface area contributed by atoms with Gasteiger partial charge in [0.15, 0.2) is 11.5 Å². The Labute approximate surface area is 168 Å². The number of furan rings is 1. The summed E-state index contributed by atoms with van der Waals surface area (Å²) >= 11 is 0. The number of nitrogens with one attached hydrogen (secondary N) is 1. The second kappa shape index (κ2) is 8.93. The summed E-state index contributed by atoms with van der Waals surface area (Å²) in [5.41, 5.74) is 1.32. The fourth-order valence-electron chi connectivity index (χ4n) is 3.37. The van der Waals surface area contributed by atoms with Crippen molar-refractivity contribution in [2.24, 2.45) is 0 Å². The maximum atomic E-state index is 12.6. The maximum Gasteiger partial charge on any atom is 0.273 e. The molecule has 2 aromatic heterocycles. The van der Waals surface area contributed by atoms with E-state index in [0.717, 1.165) is 24.4 Å². The number of ether oxygens (including phenoxy) is 2. The van der Waals surface area contributed by atoms with Gasteiger partial charge in [-0.2, -0.15) is 0 Å². The summed E-state index contributed by atoms with van der Waals surface area (Å²) in [4.78, 5) is 14.9. The number of morpholine rings is 1.